The van der Waals surface area contributed by atoms with Gasteiger partial charge in [-0.2, -0.15) is 4.98 Å². The number of aromatic nitrogens is 5. The Labute approximate surface area is 204 Å². The number of nitrogens with one attached hydrogen (secondary N) is 1. The smallest absolute Gasteiger partial charge is 0.376 e. The summed E-state index contributed by atoms with van der Waals surface area (Å²) < 4.78 is 7.90. The van der Waals surface area contributed by atoms with Crippen molar-refractivity contribution in [3.05, 3.63) is 43.0 Å². The van der Waals surface area contributed by atoms with Crippen LogP contribution in [0.5, 0.6) is 0 Å². The third kappa shape index (κ3) is 4.31. The van der Waals surface area contributed by atoms with Gasteiger partial charge in [-0.05, 0) is 37.9 Å². The molecule has 2 aliphatic rings. The second kappa shape index (κ2) is 9.41. The molecule has 0 radical (unpaired) electrons. The van der Waals surface area contributed by atoms with Crippen molar-refractivity contribution in [2.24, 2.45) is 0 Å². The van der Waals surface area contributed by atoms with Crippen LogP contribution >= 0.6 is 0 Å². The molecule has 2 fully saturated rings. The largest absolute Gasteiger partial charge is 0.437 e. The minimum Gasteiger partial charge on any atom is -0.437 e. The predicted octanol–water partition coefficient (Wildman–Crippen LogP) is 2.70. The van der Waals surface area contributed by atoms with E-state index < -0.39 is 7.05 Å². The number of ether oxygens (including phenoxy) is 1. The standard InChI is InChI=1S/C24H29BN8O2/c1-25(34)32-10-8-31(9-11-32)18-2-3-22(27-14-18)29-24-28-15-20-19-4-7-26-16-21(19)33(23(20)30-24)17-5-12-35-13-6-17/h2-4,7,14-17,34H,5-6,8-13H2,1H3,(H,27,28,29,30). The second-order valence-corrected chi connectivity index (χ2v) is 9.22. The fourth-order valence-corrected chi connectivity index (χ4v) is 5.16. The molecule has 2 saturated heterocycles. The number of fused-ring (bicyclic) bond motifs is 3. The van der Waals surface area contributed by atoms with Crippen molar-refractivity contribution in [1.82, 2.24) is 29.3 Å². The van der Waals surface area contributed by atoms with Crippen LogP contribution in [0.25, 0.3) is 21.9 Å². The molecule has 2 aliphatic heterocycles. The first kappa shape index (κ1) is 22.2. The molecule has 0 saturated carbocycles. The van der Waals surface area contributed by atoms with Gasteiger partial charge in [0.2, 0.25) is 5.95 Å². The average molecular weight is 472 g/mol. The minimum absolute atomic E-state index is 0.322. The van der Waals surface area contributed by atoms with Crippen LogP contribution in [-0.4, -0.2) is 80.8 Å². The number of nitrogens with zero attached hydrogens (tertiary/aromatic N) is 7. The average Bonchev–Trinajstić information content (AvgIpc) is 3.23. The Bertz CT molecular complexity index is 1310. The number of piperazine rings is 1. The SMILES string of the molecule is CB(O)N1CCN(c2ccc(Nc3ncc4c5ccncc5n(C5CCOCC5)c4n3)nc2)CC1. The summed E-state index contributed by atoms with van der Waals surface area (Å²) in [6, 6.07) is 6.38. The second-order valence-electron chi connectivity index (χ2n) is 9.22. The molecule has 35 heavy (non-hydrogen) atoms. The molecule has 0 aliphatic carbocycles. The normalized spacial score (nSPS) is 17.8. The maximum absolute atomic E-state index is 9.77. The Balaban J connectivity index is 1.25. The van der Waals surface area contributed by atoms with E-state index in [0.717, 1.165) is 79.9 Å². The van der Waals surface area contributed by atoms with Crippen LogP contribution in [0, 0.1) is 0 Å². The number of anilines is 3. The van der Waals surface area contributed by atoms with E-state index in [9.17, 15) is 5.02 Å². The lowest BCUT2D eigenvalue weighted by atomic mass is 9.84. The molecular weight excluding hydrogens is 443 g/mol. The molecule has 0 aromatic carbocycles. The molecule has 0 spiro atoms. The van der Waals surface area contributed by atoms with Crippen molar-refractivity contribution in [2.75, 3.05) is 49.6 Å². The van der Waals surface area contributed by atoms with Gasteiger partial charge in [0.15, 0.2) is 0 Å². The Hall–Kier alpha value is -3.28. The highest BCUT2D eigenvalue weighted by atomic mass is 16.5. The maximum atomic E-state index is 9.77. The molecule has 4 aromatic rings. The van der Waals surface area contributed by atoms with Gasteiger partial charge in [-0.25, -0.2) is 9.97 Å². The maximum Gasteiger partial charge on any atom is 0.376 e. The first-order valence-electron chi connectivity index (χ1n) is 12.3. The molecule has 11 heteroatoms. The lowest BCUT2D eigenvalue weighted by molar-refractivity contribution is 0.0716. The topological polar surface area (TPSA) is 104 Å². The zero-order valence-corrected chi connectivity index (χ0v) is 19.8. The summed E-state index contributed by atoms with van der Waals surface area (Å²) in [6.45, 7) is 6.73. The van der Waals surface area contributed by atoms with Crippen LogP contribution in [0.4, 0.5) is 17.5 Å². The van der Waals surface area contributed by atoms with Crippen molar-refractivity contribution in [1.29, 1.82) is 0 Å². The summed E-state index contributed by atoms with van der Waals surface area (Å²) >= 11 is 0. The molecule has 10 nitrogen and oxygen atoms in total. The van der Waals surface area contributed by atoms with Crippen LogP contribution < -0.4 is 10.2 Å². The molecule has 0 unspecified atom stereocenters. The lowest BCUT2D eigenvalue weighted by Gasteiger charge is -2.36. The van der Waals surface area contributed by atoms with Gasteiger partial charge in [0.25, 0.3) is 0 Å². The van der Waals surface area contributed by atoms with Crippen molar-refractivity contribution in [2.45, 2.75) is 25.7 Å². The predicted molar refractivity (Wildman–Crippen MR) is 137 cm³/mol. The summed E-state index contributed by atoms with van der Waals surface area (Å²) in [5.41, 5.74) is 3.06. The fourth-order valence-electron chi connectivity index (χ4n) is 5.16. The summed E-state index contributed by atoms with van der Waals surface area (Å²) in [5.74, 6) is 1.22. The van der Waals surface area contributed by atoms with Crippen molar-refractivity contribution in [3.63, 3.8) is 0 Å². The van der Waals surface area contributed by atoms with Gasteiger partial charge < -0.3 is 29.4 Å². The molecule has 0 atom stereocenters. The monoisotopic (exact) mass is 472 g/mol. The van der Waals surface area contributed by atoms with Crippen LogP contribution in [-0.2, 0) is 4.74 Å². The van der Waals surface area contributed by atoms with E-state index in [-0.39, 0.29) is 0 Å². The molecule has 2 N–H and O–H groups in total. The van der Waals surface area contributed by atoms with Gasteiger partial charge in [-0.15, -0.1) is 0 Å². The molecule has 0 amide bonds. The van der Waals surface area contributed by atoms with E-state index in [2.05, 4.69) is 40.6 Å². The molecule has 4 aromatic heterocycles. The highest BCUT2D eigenvalue weighted by molar-refractivity contribution is 6.45. The Kier molecular flexibility index (Phi) is 5.97. The third-order valence-corrected chi connectivity index (χ3v) is 7.10. The van der Waals surface area contributed by atoms with E-state index >= 15 is 0 Å². The number of hydrogen-bond acceptors (Lipinski definition) is 9. The number of hydrogen-bond donors (Lipinski definition) is 2. The van der Waals surface area contributed by atoms with Crippen LogP contribution in [0.2, 0.25) is 6.82 Å². The van der Waals surface area contributed by atoms with Crippen LogP contribution in [0.3, 0.4) is 0 Å². The molecule has 6 rings (SSSR count). The number of rotatable bonds is 5. The van der Waals surface area contributed by atoms with Gasteiger partial charge in [-0.1, -0.05) is 0 Å². The lowest BCUT2D eigenvalue weighted by Crippen LogP contribution is -2.51. The highest BCUT2D eigenvalue weighted by Crippen LogP contribution is 2.34. The number of pyridine rings is 2. The van der Waals surface area contributed by atoms with E-state index in [4.69, 9.17) is 9.72 Å². The van der Waals surface area contributed by atoms with Gasteiger partial charge >= 0.3 is 7.05 Å². The highest BCUT2D eigenvalue weighted by Gasteiger charge is 2.24. The van der Waals surface area contributed by atoms with E-state index in [1.54, 1.807) is 0 Å². The van der Waals surface area contributed by atoms with Crippen molar-refractivity contribution in [3.8, 4) is 0 Å². The summed E-state index contributed by atoms with van der Waals surface area (Å²) in [4.78, 5) is 22.8. The molecular formula is C24H29BN8O2. The summed E-state index contributed by atoms with van der Waals surface area (Å²) in [5, 5.41) is 15.2. The van der Waals surface area contributed by atoms with Crippen LogP contribution in [0.1, 0.15) is 18.9 Å². The minimum atomic E-state index is -0.402. The van der Waals surface area contributed by atoms with Gasteiger partial charge in [0, 0.05) is 68.6 Å². The Morgan fingerprint density at radius 3 is 2.57 bits per heavy atom. The first-order valence-corrected chi connectivity index (χ1v) is 12.3. The van der Waals surface area contributed by atoms with Gasteiger partial charge in [0.05, 0.1) is 23.6 Å². The summed E-state index contributed by atoms with van der Waals surface area (Å²) in [6.07, 6.45) is 9.41. The Morgan fingerprint density at radius 2 is 1.83 bits per heavy atom. The van der Waals surface area contributed by atoms with E-state index in [1.807, 2.05) is 43.7 Å². The first-order chi connectivity index (χ1) is 17.2. The summed E-state index contributed by atoms with van der Waals surface area (Å²) in [7, 11) is -0.402. The fraction of sp³-hybridized carbons (Fsp3) is 0.417. The molecule has 180 valence electrons. The van der Waals surface area contributed by atoms with E-state index in [0.29, 0.717) is 17.8 Å². The third-order valence-electron chi connectivity index (χ3n) is 7.10. The molecule has 0 bridgehead atoms. The van der Waals surface area contributed by atoms with Crippen molar-refractivity contribution < 1.29 is 9.76 Å². The van der Waals surface area contributed by atoms with Gasteiger partial charge in [-0.3, -0.25) is 4.98 Å². The zero-order valence-electron chi connectivity index (χ0n) is 19.8. The Morgan fingerprint density at radius 1 is 1.00 bits per heavy atom. The van der Waals surface area contributed by atoms with Crippen molar-refractivity contribution >= 4 is 46.4 Å². The zero-order chi connectivity index (χ0) is 23.8. The molecule has 6 heterocycles. The quantitative estimate of drug-likeness (QED) is 0.424. The van der Waals surface area contributed by atoms with E-state index in [1.165, 1.54) is 0 Å². The van der Waals surface area contributed by atoms with Gasteiger partial charge in [0.1, 0.15) is 11.5 Å². The van der Waals surface area contributed by atoms with Crippen LogP contribution in [0.15, 0.2) is 43.0 Å².